The Hall–Kier alpha value is -1.32. The Bertz CT molecular complexity index is 497. The summed E-state index contributed by atoms with van der Waals surface area (Å²) in [5.74, 6) is 0. The van der Waals surface area contributed by atoms with E-state index in [1.165, 1.54) is 5.56 Å². The maximum atomic E-state index is 6.20. The smallest absolute Gasteiger partial charge is 0.0363 e. The molecular weight excluding hydrogens is 276 g/mol. The summed E-state index contributed by atoms with van der Waals surface area (Å²) >= 11 is 3.44. The van der Waals surface area contributed by atoms with Gasteiger partial charge in [-0.1, -0.05) is 46.3 Å². The van der Waals surface area contributed by atoms with Gasteiger partial charge in [-0.2, -0.15) is 0 Å². The van der Waals surface area contributed by atoms with E-state index in [4.69, 9.17) is 11.5 Å². The van der Waals surface area contributed by atoms with E-state index in [1.807, 2.05) is 36.4 Å². The summed E-state index contributed by atoms with van der Waals surface area (Å²) in [4.78, 5) is 0. The minimum Gasteiger partial charge on any atom is -0.398 e. The summed E-state index contributed by atoms with van der Waals surface area (Å²) in [7, 11) is 0. The quantitative estimate of drug-likeness (QED) is 0.853. The van der Waals surface area contributed by atoms with E-state index in [0.29, 0.717) is 0 Å². The average molecular weight is 291 g/mol. The van der Waals surface area contributed by atoms with Crippen molar-refractivity contribution in [2.45, 2.75) is 12.5 Å². The van der Waals surface area contributed by atoms with Gasteiger partial charge in [-0.15, -0.1) is 0 Å². The lowest BCUT2D eigenvalue weighted by atomic mass is 9.98. The Morgan fingerprint density at radius 1 is 1.06 bits per heavy atom. The molecule has 0 bridgehead atoms. The number of nitrogen functional groups attached to an aromatic ring is 1. The predicted molar refractivity (Wildman–Crippen MR) is 75.6 cm³/mol. The van der Waals surface area contributed by atoms with Crippen LogP contribution in [0.5, 0.6) is 0 Å². The van der Waals surface area contributed by atoms with Crippen LogP contribution in [-0.4, -0.2) is 0 Å². The zero-order valence-corrected chi connectivity index (χ0v) is 11.0. The second kappa shape index (κ2) is 5.34. The van der Waals surface area contributed by atoms with Crippen molar-refractivity contribution in [1.82, 2.24) is 0 Å². The molecule has 2 aromatic rings. The molecule has 2 nitrogen and oxygen atoms in total. The minimum absolute atomic E-state index is 0.0742. The van der Waals surface area contributed by atoms with E-state index >= 15 is 0 Å². The molecule has 2 rings (SSSR count). The molecular formula is C14H15BrN2. The number of rotatable bonds is 3. The highest BCUT2D eigenvalue weighted by molar-refractivity contribution is 9.10. The van der Waals surface area contributed by atoms with Crippen molar-refractivity contribution < 1.29 is 0 Å². The summed E-state index contributed by atoms with van der Waals surface area (Å²) in [5.41, 5.74) is 15.1. The molecule has 1 unspecified atom stereocenters. The van der Waals surface area contributed by atoms with Crippen LogP contribution in [0.3, 0.4) is 0 Å². The SMILES string of the molecule is Nc1ccc(Br)cc1C(N)Cc1ccccc1. The van der Waals surface area contributed by atoms with Gasteiger partial charge in [-0.25, -0.2) is 0 Å². The third-order valence-electron chi connectivity index (χ3n) is 2.75. The molecule has 17 heavy (non-hydrogen) atoms. The van der Waals surface area contributed by atoms with Gasteiger partial charge < -0.3 is 11.5 Å². The Labute approximate surface area is 110 Å². The first-order valence-corrected chi connectivity index (χ1v) is 6.30. The molecule has 0 fully saturated rings. The molecule has 0 saturated carbocycles. The van der Waals surface area contributed by atoms with Crippen LogP contribution in [0.15, 0.2) is 53.0 Å². The van der Waals surface area contributed by atoms with Crippen molar-refractivity contribution in [3.05, 3.63) is 64.1 Å². The van der Waals surface area contributed by atoms with E-state index < -0.39 is 0 Å². The first kappa shape index (κ1) is 12.1. The molecule has 0 spiro atoms. The highest BCUT2D eigenvalue weighted by Gasteiger charge is 2.10. The largest absolute Gasteiger partial charge is 0.398 e. The van der Waals surface area contributed by atoms with Crippen molar-refractivity contribution in [2.75, 3.05) is 5.73 Å². The summed E-state index contributed by atoms with van der Waals surface area (Å²) in [6.45, 7) is 0. The molecule has 4 N–H and O–H groups in total. The number of anilines is 1. The van der Waals surface area contributed by atoms with Crippen LogP contribution in [0.1, 0.15) is 17.2 Å². The van der Waals surface area contributed by atoms with E-state index in [-0.39, 0.29) is 6.04 Å². The Morgan fingerprint density at radius 2 is 1.76 bits per heavy atom. The van der Waals surface area contributed by atoms with E-state index in [2.05, 4.69) is 28.1 Å². The van der Waals surface area contributed by atoms with Crippen molar-refractivity contribution in [1.29, 1.82) is 0 Å². The molecule has 0 amide bonds. The fourth-order valence-corrected chi connectivity index (χ4v) is 2.22. The maximum Gasteiger partial charge on any atom is 0.0363 e. The van der Waals surface area contributed by atoms with Crippen LogP contribution in [0, 0.1) is 0 Å². The molecule has 1 atom stereocenters. The molecule has 0 heterocycles. The summed E-state index contributed by atoms with van der Waals surface area (Å²) in [6, 6.07) is 15.9. The summed E-state index contributed by atoms with van der Waals surface area (Å²) in [6.07, 6.45) is 0.793. The Balaban J connectivity index is 2.20. The molecule has 88 valence electrons. The normalized spacial score (nSPS) is 12.4. The molecule has 3 heteroatoms. The third kappa shape index (κ3) is 3.08. The van der Waals surface area contributed by atoms with Gasteiger partial charge in [0.25, 0.3) is 0 Å². The highest BCUT2D eigenvalue weighted by Crippen LogP contribution is 2.25. The lowest BCUT2D eigenvalue weighted by molar-refractivity contribution is 0.724. The zero-order chi connectivity index (χ0) is 12.3. The van der Waals surface area contributed by atoms with Gasteiger partial charge >= 0.3 is 0 Å². The fourth-order valence-electron chi connectivity index (χ4n) is 1.84. The van der Waals surface area contributed by atoms with Gasteiger partial charge in [0.15, 0.2) is 0 Å². The van der Waals surface area contributed by atoms with Gasteiger partial charge in [0, 0.05) is 16.2 Å². The molecule has 0 aliphatic carbocycles. The minimum atomic E-state index is -0.0742. The molecule has 2 aromatic carbocycles. The van der Waals surface area contributed by atoms with Crippen LogP contribution >= 0.6 is 15.9 Å². The third-order valence-corrected chi connectivity index (χ3v) is 3.24. The zero-order valence-electron chi connectivity index (χ0n) is 9.44. The van der Waals surface area contributed by atoms with Crippen molar-refractivity contribution in [3.8, 4) is 0 Å². The van der Waals surface area contributed by atoms with Crippen LogP contribution in [0.2, 0.25) is 0 Å². The molecule has 0 aliphatic rings. The molecule has 0 aliphatic heterocycles. The lowest BCUT2D eigenvalue weighted by Gasteiger charge is -2.15. The van der Waals surface area contributed by atoms with Gasteiger partial charge in [0.05, 0.1) is 0 Å². The highest BCUT2D eigenvalue weighted by atomic mass is 79.9. The van der Waals surface area contributed by atoms with Gasteiger partial charge in [0.2, 0.25) is 0 Å². The average Bonchev–Trinajstić information content (AvgIpc) is 2.33. The van der Waals surface area contributed by atoms with Gasteiger partial charge in [0.1, 0.15) is 0 Å². The van der Waals surface area contributed by atoms with E-state index in [9.17, 15) is 0 Å². The first-order valence-electron chi connectivity index (χ1n) is 5.51. The number of benzene rings is 2. The van der Waals surface area contributed by atoms with E-state index in [0.717, 1.165) is 22.1 Å². The van der Waals surface area contributed by atoms with Crippen molar-refractivity contribution >= 4 is 21.6 Å². The maximum absolute atomic E-state index is 6.20. The topological polar surface area (TPSA) is 52.0 Å². The second-order valence-corrected chi connectivity index (χ2v) is 4.99. The van der Waals surface area contributed by atoms with Crippen LogP contribution < -0.4 is 11.5 Å². The second-order valence-electron chi connectivity index (χ2n) is 4.07. The van der Waals surface area contributed by atoms with E-state index in [1.54, 1.807) is 0 Å². The lowest BCUT2D eigenvalue weighted by Crippen LogP contribution is -2.15. The summed E-state index contributed by atoms with van der Waals surface area (Å²) < 4.78 is 1.00. The van der Waals surface area contributed by atoms with Crippen molar-refractivity contribution in [3.63, 3.8) is 0 Å². The van der Waals surface area contributed by atoms with Crippen LogP contribution in [-0.2, 0) is 6.42 Å². The van der Waals surface area contributed by atoms with Crippen molar-refractivity contribution in [2.24, 2.45) is 5.73 Å². The first-order chi connectivity index (χ1) is 8.16. The number of halogens is 1. The summed E-state index contributed by atoms with van der Waals surface area (Å²) in [5, 5.41) is 0. The molecule has 0 saturated heterocycles. The fraction of sp³-hybridized carbons (Fsp3) is 0.143. The predicted octanol–water partition coefficient (Wildman–Crippen LogP) is 3.27. The number of hydrogen-bond acceptors (Lipinski definition) is 2. The number of hydrogen-bond donors (Lipinski definition) is 2. The molecule has 0 radical (unpaired) electrons. The number of nitrogens with two attached hydrogens (primary N) is 2. The van der Waals surface area contributed by atoms with Gasteiger partial charge in [-0.3, -0.25) is 0 Å². The van der Waals surface area contributed by atoms with Crippen LogP contribution in [0.4, 0.5) is 5.69 Å². The van der Waals surface area contributed by atoms with Crippen LogP contribution in [0.25, 0.3) is 0 Å². The Morgan fingerprint density at radius 3 is 2.47 bits per heavy atom. The Kier molecular flexibility index (Phi) is 3.82. The standard InChI is InChI=1S/C14H15BrN2/c15-11-6-7-13(16)12(9-11)14(17)8-10-4-2-1-3-5-10/h1-7,9,14H,8,16-17H2. The molecule has 0 aromatic heterocycles. The monoisotopic (exact) mass is 290 g/mol. The van der Waals surface area contributed by atoms with Gasteiger partial charge in [-0.05, 0) is 35.7 Å².